The molecule has 0 spiro atoms. The summed E-state index contributed by atoms with van der Waals surface area (Å²) < 4.78 is 2.19. The first kappa shape index (κ1) is 19.5. The molecule has 0 fully saturated rings. The summed E-state index contributed by atoms with van der Waals surface area (Å²) in [7, 11) is 1.81. The molecule has 22 heavy (non-hydrogen) atoms. The van der Waals surface area contributed by atoms with E-state index in [1.54, 1.807) is 7.05 Å². The minimum Gasteiger partial charge on any atom is -0.355 e. The highest BCUT2D eigenvalue weighted by Crippen LogP contribution is 2.23. The highest BCUT2D eigenvalue weighted by Gasteiger charge is 2.25. The summed E-state index contributed by atoms with van der Waals surface area (Å²) in [5.74, 6) is 2.69. The number of nitrogens with one attached hydrogen (secondary N) is 2. The molecule has 0 aromatic carbocycles. The Hall–Kier alpha value is -0.510. The van der Waals surface area contributed by atoms with E-state index in [0.29, 0.717) is 0 Å². The number of aromatic nitrogens is 3. The van der Waals surface area contributed by atoms with Crippen molar-refractivity contribution in [2.45, 2.75) is 50.9 Å². The van der Waals surface area contributed by atoms with Gasteiger partial charge in [-0.05, 0) is 39.9 Å². The Bertz CT molecular complexity index is 513. The number of hydrogen-bond acceptors (Lipinski definition) is 4. The van der Waals surface area contributed by atoms with Crippen molar-refractivity contribution >= 4 is 41.7 Å². The van der Waals surface area contributed by atoms with Gasteiger partial charge in [0.25, 0.3) is 0 Å². The maximum absolute atomic E-state index is 4.55. The molecule has 1 aromatic heterocycles. The quantitative estimate of drug-likeness (QED) is 0.429. The largest absolute Gasteiger partial charge is 0.355 e. The molecule has 1 aromatic rings. The van der Waals surface area contributed by atoms with Crippen molar-refractivity contribution in [3.63, 3.8) is 0 Å². The van der Waals surface area contributed by atoms with Crippen molar-refractivity contribution in [1.29, 1.82) is 0 Å². The molecule has 1 atom stereocenters. The lowest BCUT2D eigenvalue weighted by atomic mass is 10.1. The zero-order valence-electron chi connectivity index (χ0n) is 14.0. The Labute approximate surface area is 154 Å². The van der Waals surface area contributed by atoms with Crippen LogP contribution in [-0.2, 0) is 6.54 Å². The molecule has 6 nitrogen and oxygen atoms in total. The summed E-state index contributed by atoms with van der Waals surface area (Å²) in [6.07, 6.45) is 4.30. The predicted octanol–water partition coefficient (Wildman–Crippen LogP) is 2.35. The van der Waals surface area contributed by atoms with Gasteiger partial charge >= 0.3 is 0 Å². The van der Waals surface area contributed by atoms with E-state index in [-0.39, 0.29) is 34.8 Å². The Morgan fingerprint density at radius 2 is 2.23 bits per heavy atom. The molecule has 2 rings (SSSR count). The second kappa shape index (κ2) is 8.37. The van der Waals surface area contributed by atoms with Gasteiger partial charge in [-0.15, -0.1) is 24.0 Å². The molecule has 0 saturated carbocycles. The maximum atomic E-state index is 4.55. The molecule has 126 valence electrons. The summed E-state index contributed by atoms with van der Waals surface area (Å²) in [4.78, 5) is 8.87. The summed E-state index contributed by atoms with van der Waals surface area (Å²) >= 11 is 1.85. The summed E-state index contributed by atoms with van der Waals surface area (Å²) in [6, 6.07) is 0.184. The van der Waals surface area contributed by atoms with E-state index in [0.717, 1.165) is 43.5 Å². The van der Waals surface area contributed by atoms with Crippen LogP contribution in [0.4, 0.5) is 0 Å². The minimum absolute atomic E-state index is 0. The molecule has 0 radical (unpaired) electrons. The zero-order valence-corrected chi connectivity index (χ0v) is 17.2. The highest BCUT2D eigenvalue weighted by atomic mass is 127. The van der Waals surface area contributed by atoms with Crippen molar-refractivity contribution in [2.75, 3.05) is 19.8 Å². The maximum Gasteiger partial charge on any atom is 0.191 e. The third kappa shape index (κ3) is 5.00. The van der Waals surface area contributed by atoms with Crippen LogP contribution in [0.5, 0.6) is 0 Å². The molecule has 8 heteroatoms. The Kier molecular flexibility index (Phi) is 7.43. The van der Waals surface area contributed by atoms with E-state index in [2.05, 4.69) is 45.8 Å². The van der Waals surface area contributed by atoms with E-state index in [1.807, 2.05) is 23.4 Å². The van der Waals surface area contributed by atoms with Crippen LogP contribution in [0.3, 0.4) is 0 Å². The smallest absolute Gasteiger partial charge is 0.191 e. The lowest BCUT2D eigenvalue weighted by Gasteiger charge is -2.27. The number of halogens is 1. The van der Waals surface area contributed by atoms with Gasteiger partial charge < -0.3 is 10.6 Å². The van der Waals surface area contributed by atoms with E-state index >= 15 is 0 Å². The van der Waals surface area contributed by atoms with E-state index in [4.69, 9.17) is 0 Å². The molecule has 1 aliphatic rings. The van der Waals surface area contributed by atoms with Crippen LogP contribution in [0.15, 0.2) is 4.99 Å². The van der Waals surface area contributed by atoms with Crippen LogP contribution < -0.4 is 10.6 Å². The number of guanidine groups is 1. The van der Waals surface area contributed by atoms with E-state index in [9.17, 15) is 0 Å². The fourth-order valence-corrected chi connectivity index (χ4v) is 2.55. The van der Waals surface area contributed by atoms with Crippen LogP contribution in [0.1, 0.15) is 44.4 Å². The Morgan fingerprint density at radius 1 is 1.50 bits per heavy atom. The average Bonchev–Trinajstić information content (AvgIpc) is 2.84. The van der Waals surface area contributed by atoms with Crippen molar-refractivity contribution < 1.29 is 0 Å². The normalized spacial score (nSPS) is 18.4. The number of nitrogens with zero attached hydrogens (tertiary/aromatic N) is 4. The topological polar surface area (TPSA) is 67.1 Å². The monoisotopic (exact) mass is 438 g/mol. The van der Waals surface area contributed by atoms with E-state index in [1.165, 1.54) is 0 Å². The molecule has 0 aliphatic carbocycles. The first-order chi connectivity index (χ1) is 9.95. The lowest BCUT2D eigenvalue weighted by molar-refractivity contribution is 0.397. The third-order valence-corrected chi connectivity index (χ3v) is 5.00. The second-order valence-corrected chi connectivity index (χ2v) is 7.48. The molecule has 2 N–H and O–H groups in total. The molecular weight excluding hydrogens is 411 g/mol. The first-order valence-electron chi connectivity index (χ1n) is 7.39. The van der Waals surface area contributed by atoms with Gasteiger partial charge in [0, 0.05) is 24.9 Å². The van der Waals surface area contributed by atoms with Gasteiger partial charge in [0.15, 0.2) is 5.96 Å². The summed E-state index contributed by atoms with van der Waals surface area (Å²) in [5, 5.41) is 11.3. The molecular formula is C14H27IN6S. The van der Waals surface area contributed by atoms with Crippen molar-refractivity contribution in [3.8, 4) is 0 Å². The number of fused-ring (bicyclic) bond motifs is 1. The van der Waals surface area contributed by atoms with Crippen LogP contribution in [-0.4, -0.2) is 45.3 Å². The van der Waals surface area contributed by atoms with Crippen LogP contribution in [0.2, 0.25) is 0 Å². The van der Waals surface area contributed by atoms with Gasteiger partial charge in [0.2, 0.25) is 0 Å². The molecule has 1 unspecified atom stereocenters. The van der Waals surface area contributed by atoms with Gasteiger partial charge in [0.1, 0.15) is 11.6 Å². The number of aryl methyl sites for hydroxylation is 2. The van der Waals surface area contributed by atoms with Gasteiger partial charge in [-0.3, -0.25) is 4.99 Å². The molecule has 2 heterocycles. The predicted molar refractivity (Wildman–Crippen MR) is 104 cm³/mol. The van der Waals surface area contributed by atoms with Crippen LogP contribution in [0.25, 0.3) is 0 Å². The second-order valence-electron chi connectivity index (χ2n) is 5.97. The zero-order chi connectivity index (χ0) is 15.5. The van der Waals surface area contributed by atoms with Gasteiger partial charge in [-0.2, -0.15) is 16.9 Å². The standard InChI is InChI=1S/C14H26N6S.HI/c1-10-17-12-11(7-6-8-20(12)19-10)18-13(15-4)16-9-14(2,3)21-5;/h11H,6-9H2,1-5H3,(H2,15,16,18);1H. The molecule has 0 amide bonds. The van der Waals surface area contributed by atoms with Crippen molar-refractivity contribution in [1.82, 2.24) is 25.4 Å². The lowest BCUT2D eigenvalue weighted by Crippen LogP contribution is -2.45. The SMILES string of the molecule is CN=C(NCC(C)(C)SC)NC1CCCn2nc(C)nc21.I. The van der Waals surface area contributed by atoms with Crippen molar-refractivity contribution in [2.24, 2.45) is 4.99 Å². The van der Waals surface area contributed by atoms with Crippen molar-refractivity contribution in [3.05, 3.63) is 11.6 Å². The highest BCUT2D eigenvalue weighted by molar-refractivity contribution is 14.0. The van der Waals surface area contributed by atoms with Gasteiger partial charge in [-0.25, -0.2) is 9.67 Å². The molecule has 0 bridgehead atoms. The summed E-state index contributed by atoms with van der Waals surface area (Å²) in [6.45, 7) is 8.21. The fourth-order valence-electron chi connectivity index (χ4n) is 2.33. The third-order valence-electron chi connectivity index (χ3n) is 3.75. The molecule has 1 aliphatic heterocycles. The first-order valence-corrected chi connectivity index (χ1v) is 8.61. The number of thioether (sulfide) groups is 1. The van der Waals surface area contributed by atoms with Gasteiger partial charge in [0.05, 0.1) is 6.04 Å². The van der Waals surface area contributed by atoms with Gasteiger partial charge in [-0.1, -0.05) is 0 Å². The molecule has 0 saturated heterocycles. The number of aliphatic imine (C=N–C) groups is 1. The average molecular weight is 438 g/mol. The minimum atomic E-state index is 0. The van der Waals surface area contributed by atoms with Crippen LogP contribution >= 0.6 is 35.7 Å². The summed E-state index contributed by atoms with van der Waals surface area (Å²) in [5.41, 5.74) is 0. The Balaban J connectivity index is 0.00000242. The number of hydrogen-bond donors (Lipinski definition) is 2. The van der Waals surface area contributed by atoms with Crippen LogP contribution in [0, 0.1) is 6.92 Å². The Morgan fingerprint density at radius 3 is 2.86 bits per heavy atom. The fraction of sp³-hybridized carbons (Fsp3) is 0.786. The number of rotatable bonds is 4. The van der Waals surface area contributed by atoms with E-state index < -0.39 is 0 Å².